The predicted octanol–water partition coefficient (Wildman–Crippen LogP) is 2.31. The molecule has 0 unspecified atom stereocenters. The van der Waals surface area contributed by atoms with Crippen LogP contribution in [0.5, 0.6) is 5.75 Å². The first-order chi connectivity index (χ1) is 10.6. The van der Waals surface area contributed by atoms with E-state index in [1.165, 1.54) is 11.3 Å². The molecular weight excluding hydrogens is 302 g/mol. The number of nitrogens with one attached hydrogen (secondary N) is 1. The van der Waals surface area contributed by atoms with Crippen molar-refractivity contribution in [3.05, 3.63) is 33.3 Å². The van der Waals surface area contributed by atoms with Crippen LogP contribution in [0.25, 0.3) is 0 Å². The van der Waals surface area contributed by atoms with Crippen LogP contribution in [0.15, 0.2) is 11.4 Å². The molecule has 2 aromatic heterocycles. The van der Waals surface area contributed by atoms with Gasteiger partial charge in [0.15, 0.2) is 0 Å². The van der Waals surface area contributed by atoms with E-state index in [0.29, 0.717) is 30.4 Å². The van der Waals surface area contributed by atoms with Crippen molar-refractivity contribution < 1.29 is 14.3 Å². The van der Waals surface area contributed by atoms with Crippen LogP contribution < -0.4 is 4.74 Å². The zero-order valence-electron chi connectivity index (χ0n) is 12.9. The van der Waals surface area contributed by atoms with Crippen LogP contribution in [-0.4, -0.2) is 47.9 Å². The third kappa shape index (κ3) is 2.50. The van der Waals surface area contributed by atoms with Gasteiger partial charge in [-0.05, 0) is 25.3 Å². The lowest BCUT2D eigenvalue weighted by atomic mass is 10.0. The Bertz CT molecular complexity index is 660. The van der Waals surface area contributed by atoms with Gasteiger partial charge in [0.1, 0.15) is 10.6 Å². The second-order valence-corrected chi connectivity index (χ2v) is 6.17. The summed E-state index contributed by atoms with van der Waals surface area (Å²) in [5, 5.41) is 9.10. The van der Waals surface area contributed by atoms with E-state index in [9.17, 15) is 4.79 Å². The molecule has 22 heavy (non-hydrogen) atoms. The van der Waals surface area contributed by atoms with Gasteiger partial charge < -0.3 is 14.4 Å². The number of hydrogen-bond donors (Lipinski definition) is 1. The number of carbonyl (C=O) groups is 1. The van der Waals surface area contributed by atoms with Crippen LogP contribution in [-0.2, 0) is 4.74 Å². The average molecular weight is 321 g/mol. The molecule has 0 saturated carbocycles. The number of aryl methyl sites for hydroxylation is 2. The number of rotatable bonds is 3. The number of H-pyrrole nitrogens is 1. The molecule has 1 saturated heterocycles. The summed E-state index contributed by atoms with van der Waals surface area (Å²) in [5.41, 5.74) is 2.93. The summed E-state index contributed by atoms with van der Waals surface area (Å²) >= 11 is 1.40. The van der Waals surface area contributed by atoms with Gasteiger partial charge in [-0.25, -0.2) is 0 Å². The van der Waals surface area contributed by atoms with E-state index in [4.69, 9.17) is 9.47 Å². The largest absolute Gasteiger partial charge is 0.495 e. The SMILES string of the molecule is COc1ccsc1C(=O)N1CCOC[C@@H]1c1c(C)n[nH]c1C. The fourth-order valence-electron chi connectivity index (χ4n) is 2.88. The third-order valence-corrected chi connectivity index (χ3v) is 4.83. The Kier molecular flexibility index (Phi) is 4.17. The third-order valence-electron chi connectivity index (χ3n) is 3.95. The molecule has 0 aromatic carbocycles. The van der Waals surface area contributed by atoms with E-state index in [-0.39, 0.29) is 11.9 Å². The van der Waals surface area contributed by atoms with E-state index < -0.39 is 0 Å². The summed E-state index contributed by atoms with van der Waals surface area (Å²) in [6.45, 7) is 5.52. The lowest BCUT2D eigenvalue weighted by Gasteiger charge is -2.35. The van der Waals surface area contributed by atoms with Crippen molar-refractivity contribution in [3.8, 4) is 5.75 Å². The lowest BCUT2D eigenvalue weighted by molar-refractivity contribution is -0.00288. The van der Waals surface area contributed by atoms with Crippen molar-refractivity contribution in [1.29, 1.82) is 0 Å². The maximum Gasteiger partial charge on any atom is 0.268 e. The molecule has 1 amide bonds. The van der Waals surface area contributed by atoms with Crippen molar-refractivity contribution in [2.45, 2.75) is 19.9 Å². The maximum atomic E-state index is 12.9. The summed E-state index contributed by atoms with van der Waals surface area (Å²) in [4.78, 5) is 15.4. The van der Waals surface area contributed by atoms with Crippen molar-refractivity contribution in [2.75, 3.05) is 26.9 Å². The summed E-state index contributed by atoms with van der Waals surface area (Å²) in [7, 11) is 1.58. The Morgan fingerprint density at radius 2 is 2.36 bits per heavy atom. The molecule has 3 heterocycles. The van der Waals surface area contributed by atoms with Gasteiger partial charge in [0, 0.05) is 17.8 Å². The van der Waals surface area contributed by atoms with E-state index in [2.05, 4.69) is 10.2 Å². The number of morpholine rings is 1. The first-order valence-corrected chi connectivity index (χ1v) is 8.03. The molecule has 3 rings (SSSR count). The van der Waals surface area contributed by atoms with Gasteiger partial charge in [-0.3, -0.25) is 9.89 Å². The monoisotopic (exact) mass is 321 g/mol. The Labute approximate surface area is 133 Å². The molecule has 0 spiro atoms. The highest BCUT2D eigenvalue weighted by Crippen LogP contribution is 2.33. The first-order valence-electron chi connectivity index (χ1n) is 7.15. The number of amides is 1. The Hall–Kier alpha value is -1.86. The van der Waals surface area contributed by atoms with Crippen LogP contribution >= 0.6 is 11.3 Å². The number of ether oxygens (including phenoxy) is 2. The number of aromatic amines is 1. The highest BCUT2D eigenvalue weighted by atomic mass is 32.1. The summed E-state index contributed by atoms with van der Waals surface area (Å²) < 4.78 is 10.9. The van der Waals surface area contributed by atoms with Gasteiger partial charge in [0.25, 0.3) is 5.91 Å². The summed E-state index contributed by atoms with van der Waals surface area (Å²) in [5.74, 6) is 0.612. The summed E-state index contributed by atoms with van der Waals surface area (Å²) in [6, 6.07) is 1.70. The Morgan fingerprint density at radius 1 is 1.55 bits per heavy atom. The van der Waals surface area contributed by atoms with Crippen molar-refractivity contribution in [2.24, 2.45) is 0 Å². The summed E-state index contributed by atoms with van der Waals surface area (Å²) in [6.07, 6.45) is 0. The molecule has 7 heteroatoms. The normalized spacial score (nSPS) is 18.5. The topological polar surface area (TPSA) is 67.4 Å². The van der Waals surface area contributed by atoms with Crippen molar-refractivity contribution in [3.63, 3.8) is 0 Å². The van der Waals surface area contributed by atoms with E-state index in [1.54, 1.807) is 7.11 Å². The Balaban J connectivity index is 1.95. The molecule has 1 N–H and O–H groups in total. The number of hydrogen-bond acceptors (Lipinski definition) is 5. The number of nitrogens with zero attached hydrogens (tertiary/aromatic N) is 2. The molecule has 1 aliphatic rings. The smallest absolute Gasteiger partial charge is 0.268 e. The van der Waals surface area contributed by atoms with Gasteiger partial charge in [-0.2, -0.15) is 5.10 Å². The predicted molar refractivity (Wildman–Crippen MR) is 83.5 cm³/mol. The van der Waals surface area contributed by atoms with Crippen LogP contribution in [0, 0.1) is 13.8 Å². The van der Waals surface area contributed by atoms with Gasteiger partial charge in [-0.1, -0.05) is 0 Å². The highest BCUT2D eigenvalue weighted by Gasteiger charge is 2.33. The highest BCUT2D eigenvalue weighted by molar-refractivity contribution is 7.12. The number of methoxy groups -OCH3 is 1. The second-order valence-electron chi connectivity index (χ2n) is 5.26. The molecular formula is C15H19N3O3S. The number of thiophene rings is 1. The fraction of sp³-hybridized carbons (Fsp3) is 0.467. The van der Waals surface area contributed by atoms with Crippen LogP contribution in [0.4, 0.5) is 0 Å². The van der Waals surface area contributed by atoms with Crippen molar-refractivity contribution in [1.82, 2.24) is 15.1 Å². The van der Waals surface area contributed by atoms with Gasteiger partial charge in [-0.15, -0.1) is 11.3 Å². The minimum atomic E-state index is -0.119. The van der Waals surface area contributed by atoms with E-state index >= 15 is 0 Å². The van der Waals surface area contributed by atoms with Gasteiger partial charge in [0.2, 0.25) is 0 Å². The van der Waals surface area contributed by atoms with Crippen LogP contribution in [0.1, 0.15) is 32.7 Å². The molecule has 1 aliphatic heterocycles. The molecule has 2 aromatic rings. The number of aromatic nitrogens is 2. The lowest BCUT2D eigenvalue weighted by Crippen LogP contribution is -2.43. The zero-order valence-corrected chi connectivity index (χ0v) is 13.7. The van der Waals surface area contributed by atoms with Gasteiger partial charge in [0.05, 0.1) is 32.1 Å². The molecule has 118 valence electrons. The molecule has 0 bridgehead atoms. The zero-order chi connectivity index (χ0) is 15.7. The van der Waals surface area contributed by atoms with Crippen LogP contribution in [0.3, 0.4) is 0 Å². The molecule has 1 atom stereocenters. The van der Waals surface area contributed by atoms with E-state index in [1.807, 2.05) is 30.2 Å². The van der Waals surface area contributed by atoms with E-state index in [0.717, 1.165) is 17.0 Å². The molecule has 6 nitrogen and oxygen atoms in total. The first kappa shape index (κ1) is 15.1. The quantitative estimate of drug-likeness (QED) is 0.942. The Morgan fingerprint density at radius 3 is 3.05 bits per heavy atom. The minimum Gasteiger partial charge on any atom is -0.495 e. The molecule has 0 radical (unpaired) electrons. The fourth-order valence-corrected chi connectivity index (χ4v) is 3.69. The number of carbonyl (C=O) groups excluding carboxylic acids is 1. The minimum absolute atomic E-state index is 0.0137. The second kappa shape index (κ2) is 6.10. The van der Waals surface area contributed by atoms with Gasteiger partial charge >= 0.3 is 0 Å². The maximum absolute atomic E-state index is 12.9. The average Bonchev–Trinajstić information content (AvgIpc) is 3.13. The molecule has 1 fully saturated rings. The molecule has 0 aliphatic carbocycles. The standard InChI is InChI=1S/C15H19N3O3S/c1-9-13(10(2)17-16-9)11-8-21-6-5-18(11)15(19)14-12(20-3)4-7-22-14/h4,7,11H,5-6,8H2,1-3H3,(H,16,17)/t11-/m1/s1. The van der Waals surface area contributed by atoms with Crippen LogP contribution in [0.2, 0.25) is 0 Å². The van der Waals surface area contributed by atoms with Crippen molar-refractivity contribution >= 4 is 17.2 Å².